The normalized spacial score (nSPS) is 10.4. The minimum Gasteiger partial charge on any atom is -0.494 e. The number of carbonyl (C=O) groups excluding carboxylic acids is 2. The van der Waals surface area contributed by atoms with Gasteiger partial charge in [0.15, 0.2) is 0 Å². The molecule has 0 aliphatic heterocycles. The number of hydrogen-bond donors (Lipinski definition) is 2. The molecule has 2 N–H and O–H groups in total. The van der Waals surface area contributed by atoms with E-state index < -0.39 is 0 Å². The van der Waals surface area contributed by atoms with Crippen LogP contribution in [-0.4, -0.2) is 38.7 Å². The maximum Gasteiger partial charge on any atom is 0.257 e. The van der Waals surface area contributed by atoms with Gasteiger partial charge in [0.25, 0.3) is 11.8 Å². The van der Waals surface area contributed by atoms with Crippen LogP contribution in [0.15, 0.2) is 71.2 Å². The Morgan fingerprint density at radius 2 is 1.64 bits per heavy atom. The molecule has 3 aromatic carbocycles. The topological polar surface area (TPSA) is 85.9 Å². The fraction of sp³-hybridized carbons (Fsp3) is 0.200. The number of carbonyl (C=O) groups is 2. The molecule has 0 aliphatic carbocycles. The summed E-state index contributed by atoms with van der Waals surface area (Å²) < 4.78 is 16.6. The summed E-state index contributed by atoms with van der Waals surface area (Å²) in [5.74, 6) is 0.654. The minimum atomic E-state index is -0.347. The van der Waals surface area contributed by atoms with Gasteiger partial charge in [0.1, 0.15) is 18.1 Å². The number of methoxy groups -OCH3 is 1. The summed E-state index contributed by atoms with van der Waals surface area (Å²) in [5, 5.41) is 5.66. The molecule has 2 amide bonds. The first-order chi connectivity index (χ1) is 16.0. The monoisotopic (exact) mass is 512 g/mol. The molecule has 0 bridgehead atoms. The van der Waals surface area contributed by atoms with Gasteiger partial charge in [-0.1, -0.05) is 12.1 Å². The number of hydrogen-bond acceptors (Lipinski definition) is 5. The van der Waals surface area contributed by atoms with Gasteiger partial charge < -0.3 is 24.8 Å². The van der Waals surface area contributed by atoms with E-state index in [1.165, 1.54) is 0 Å². The van der Waals surface area contributed by atoms with E-state index >= 15 is 0 Å². The van der Waals surface area contributed by atoms with Crippen molar-refractivity contribution in [3.8, 4) is 11.5 Å². The van der Waals surface area contributed by atoms with Crippen LogP contribution in [0.3, 0.4) is 0 Å². The van der Waals surface area contributed by atoms with E-state index in [-0.39, 0.29) is 11.8 Å². The van der Waals surface area contributed by atoms with Gasteiger partial charge in [0.2, 0.25) is 0 Å². The van der Waals surface area contributed by atoms with Crippen molar-refractivity contribution in [2.45, 2.75) is 6.92 Å². The largest absolute Gasteiger partial charge is 0.494 e. The van der Waals surface area contributed by atoms with E-state index in [4.69, 9.17) is 14.2 Å². The third kappa shape index (κ3) is 6.81. The van der Waals surface area contributed by atoms with Gasteiger partial charge in [-0.15, -0.1) is 0 Å². The number of rotatable bonds is 10. The maximum atomic E-state index is 12.9. The molecular formula is C25H25BrN2O5. The highest BCUT2D eigenvalue weighted by molar-refractivity contribution is 9.10. The highest BCUT2D eigenvalue weighted by Crippen LogP contribution is 2.27. The van der Waals surface area contributed by atoms with Gasteiger partial charge in [-0.3, -0.25) is 9.59 Å². The summed E-state index contributed by atoms with van der Waals surface area (Å²) in [6.45, 7) is 3.34. The zero-order valence-corrected chi connectivity index (χ0v) is 20.0. The van der Waals surface area contributed by atoms with Crippen LogP contribution in [0.4, 0.5) is 11.4 Å². The summed E-state index contributed by atoms with van der Waals surface area (Å²) in [7, 11) is 1.60. The second-order valence-corrected chi connectivity index (χ2v) is 7.75. The van der Waals surface area contributed by atoms with Crippen molar-refractivity contribution >= 4 is 39.1 Å². The van der Waals surface area contributed by atoms with E-state index in [1.54, 1.807) is 73.8 Å². The third-order valence-corrected chi connectivity index (χ3v) is 5.20. The number of para-hydroxylation sites is 1. The van der Waals surface area contributed by atoms with E-state index in [1.807, 2.05) is 6.92 Å². The molecule has 8 heteroatoms. The second-order valence-electron chi connectivity index (χ2n) is 6.90. The molecule has 0 unspecified atom stereocenters. The van der Waals surface area contributed by atoms with E-state index in [0.717, 1.165) is 5.75 Å². The van der Waals surface area contributed by atoms with Crippen molar-refractivity contribution in [1.82, 2.24) is 0 Å². The maximum absolute atomic E-state index is 12.9. The SMILES string of the molecule is CCOc1ccc(NC(=O)c2ccccc2NC(=O)c2ccc(OCCOC)c(Br)c2)cc1. The van der Waals surface area contributed by atoms with Gasteiger partial charge in [0.05, 0.1) is 28.9 Å². The molecule has 0 heterocycles. The summed E-state index contributed by atoms with van der Waals surface area (Å²) in [6, 6.07) is 19.0. The Labute approximate surface area is 201 Å². The Balaban J connectivity index is 1.70. The smallest absolute Gasteiger partial charge is 0.257 e. The zero-order chi connectivity index (χ0) is 23.6. The predicted molar refractivity (Wildman–Crippen MR) is 131 cm³/mol. The highest BCUT2D eigenvalue weighted by atomic mass is 79.9. The molecular weight excluding hydrogens is 488 g/mol. The van der Waals surface area contributed by atoms with E-state index in [9.17, 15) is 9.59 Å². The van der Waals surface area contributed by atoms with E-state index in [0.29, 0.717) is 52.5 Å². The summed E-state index contributed by atoms with van der Waals surface area (Å²) in [4.78, 5) is 25.7. The lowest BCUT2D eigenvalue weighted by molar-refractivity contribution is 0.102. The van der Waals surface area contributed by atoms with Crippen LogP contribution >= 0.6 is 15.9 Å². The number of amides is 2. The Morgan fingerprint density at radius 1 is 0.879 bits per heavy atom. The molecule has 33 heavy (non-hydrogen) atoms. The molecule has 0 fully saturated rings. The van der Waals surface area contributed by atoms with Gasteiger partial charge in [-0.05, 0) is 77.5 Å². The van der Waals surface area contributed by atoms with Crippen LogP contribution in [0.2, 0.25) is 0 Å². The Morgan fingerprint density at radius 3 is 2.33 bits per heavy atom. The van der Waals surface area contributed by atoms with Crippen molar-refractivity contribution < 1.29 is 23.8 Å². The number of ether oxygens (including phenoxy) is 3. The van der Waals surface area contributed by atoms with Crippen LogP contribution in [0, 0.1) is 0 Å². The van der Waals surface area contributed by atoms with Crippen molar-refractivity contribution in [1.29, 1.82) is 0 Å². The zero-order valence-electron chi connectivity index (χ0n) is 18.4. The molecule has 0 saturated heterocycles. The first kappa shape index (κ1) is 24.3. The average Bonchev–Trinajstić information content (AvgIpc) is 2.82. The Kier molecular flexibility index (Phi) is 8.86. The highest BCUT2D eigenvalue weighted by Gasteiger charge is 2.15. The van der Waals surface area contributed by atoms with Crippen molar-refractivity contribution in [2.75, 3.05) is 37.6 Å². The molecule has 0 spiro atoms. The van der Waals surface area contributed by atoms with Crippen LogP contribution in [0.25, 0.3) is 0 Å². The molecule has 7 nitrogen and oxygen atoms in total. The van der Waals surface area contributed by atoms with Crippen LogP contribution in [0.5, 0.6) is 11.5 Å². The molecule has 0 saturated carbocycles. The minimum absolute atomic E-state index is 0.335. The van der Waals surface area contributed by atoms with Crippen molar-refractivity contribution in [3.05, 3.63) is 82.3 Å². The van der Waals surface area contributed by atoms with Crippen molar-refractivity contribution in [3.63, 3.8) is 0 Å². The Bertz CT molecular complexity index is 1100. The molecule has 0 atom stereocenters. The summed E-state index contributed by atoms with van der Waals surface area (Å²) in [5.41, 5.74) is 1.79. The van der Waals surface area contributed by atoms with Crippen LogP contribution in [0.1, 0.15) is 27.6 Å². The first-order valence-electron chi connectivity index (χ1n) is 10.4. The van der Waals surface area contributed by atoms with Gasteiger partial charge in [-0.25, -0.2) is 0 Å². The standard InChI is InChI=1S/C25H25BrN2O5/c1-3-32-19-11-9-18(10-12-19)27-25(30)20-6-4-5-7-22(20)28-24(29)17-8-13-23(21(26)16-17)33-15-14-31-2/h4-13,16H,3,14-15H2,1-2H3,(H,27,30)(H,28,29). The molecule has 3 rings (SSSR count). The van der Waals surface area contributed by atoms with Crippen LogP contribution < -0.4 is 20.1 Å². The number of halogens is 1. The summed E-state index contributed by atoms with van der Waals surface area (Å²) >= 11 is 3.42. The molecule has 3 aromatic rings. The van der Waals surface area contributed by atoms with Crippen LogP contribution in [-0.2, 0) is 4.74 Å². The summed E-state index contributed by atoms with van der Waals surface area (Å²) in [6.07, 6.45) is 0. The van der Waals surface area contributed by atoms with E-state index in [2.05, 4.69) is 26.6 Å². The van der Waals surface area contributed by atoms with Gasteiger partial charge in [0, 0.05) is 18.4 Å². The van der Waals surface area contributed by atoms with Gasteiger partial charge in [-0.2, -0.15) is 0 Å². The lowest BCUT2D eigenvalue weighted by Crippen LogP contribution is -2.18. The number of nitrogens with one attached hydrogen (secondary N) is 2. The number of anilines is 2. The second kappa shape index (κ2) is 12.0. The van der Waals surface area contributed by atoms with Crippen molar-refractivity contribution in [2.24, 2.45) is 0 Å². The predicted octanol–water partition coefficient (Wildman–Crippen LogP) is 5.38. The molecule has 0 aliphatic rings. The number of benzene rings is 3. The fourth-order valence-corrected chi connectivity index (χ4v) is 3.47. The molecule has 0 radical (unpaired) electrons. The first-order valence-corrected chi connectivity index (χ1v) is 11.2. The fourth-order valence-electron chi connectivity index (χ4n) is 2.98. The molecule has 172 valence electrons. The Hall–Kier alpha value is -3.36. The lowest BCUT2D eigenvalue weighted by atomic mass is 10.1. The average molecular weight is 513 g/mol. The van der Waals surface area contributed by atoms with Gasteiger partial charge >= 0.3 is 0 Å². The lowest BCUT2D eigenvalue weighted by Gasteiger charge is -2.13. The molecule has 0 aromatic heterocycles. The quantitative estimate of drug-likeness (QED) is 0.356. The third-order valence-electron chi connectivity index (χ3n) is 4.58.